The number of carbonyl (C=O) groups excluding carboxylic acids is 1. The first-order valence-electron chi connectivity index (χ1n) is 8.34. The van der Waals surface area contributed by atoms with Crippen LogP contribution in [0.25, 0.3) is 0 Å². The van der Waals surface area contributed by atoms with Crippen LogP contribution in [-0.4, -0.2) is 32.1 Å². The highest BCUT2D eigenvalue weighted by Crippen LogP contribution is 2.17. The third-order valence-corrected chi connectivity index (χ3v) is 3.47. The van der Waals surface area contributed by atoms with E-state index in [9.17, 15) is 4.79 Å². The summed E-state index contributed by atoms with van der Waals surface area (Å²) >= 11 is 0. The molecule has 0 aliphatic rings. The molecule has 3 N–H and O–H groups in total. The Bertz CT molecular complexity index is 744. The molecule has 0 unspecified atom stereocenters. The Balaban J connectivity index is 1.83. The lowest BCUT2D eigenvalue weighted by atomic mass is 10.2. The number of nitrogens with zero attached hydrogens (tertiary/aromatic N) is 1. The fourth-order valence-corrected chi connectivity index (χ4v) is 2.23. The Morgan fingerprint density at radius 1 is 1.12 bits per heavy atom. The molecule has 6 heteroatoms. The molecule has 6 nitrogen and oxygen atoms in total. The van der Waals surface area contributed by atoms with Crippen molar-refractivity contribution < 1.29 is 9.53 Å². The van der Waals surface area contributed by atoms with Gasteiger partial charge in [-0.2, -0.15) is 0 Å². The van der Waals surface area contributed by atoms with Gasteiger partial charge in [0.25, 0.3) is 0 Å². The van der Waals surface area contributed by atoms with Gasteiger partial charge in [-0.3, -0.25) is 9.79 Å². The summed E-state index contributed by atoms with van der Waals surface area (Å²) in [5.41, 5.74) is 1.75. The first-order valence-corrected chi connectivity index (χ1v) is 8.34. The van der Waals surface area contributed by atoms with Crippen LogP contribution >= 0.6 is 0 Å². The second-order valence-corrected chi connectivity index (χ2v) is 5.40. The number of rotatable bonds is 8. The van der Waals surface area contributed by atoms with Gasteiger partial charge in [-0.05, 0) is 18.2 Å². The normalized spacial score (nSPS) is 10.7. The van der Waals surface area contributed by atoms with Crippen LogP contribution in [0, 0.1) is 0 Å². The van der Waals surface area contributed by atoms with Crippen LogP contribution in [0.2, 0.25) is 0 Å². The van der Waals surface area contributed by atoms with E-state index in [1.54, 1.807) is 13.1 Å². The maximum Gasteiger partial charge on any atom is 0.243 e. The molecule has 0 saturated heterocycles. The zero-order valence-electron chi connectivity index (χ0n) is 14.9. The Hall–Kier alpha value is -3.28. The van der Waals surface area contributed by atoms with Gasteiger partial charge in [-0.1, -0.05) is 49.1 Å². The first-order chi connectivity index (χ1) is 12.7. The van der Waals surface area contributed by atoms with Gasteiger partial charge < -0.3 is 20.7 Å². The Morgan fingerprint density at radius 2 is 1.85 bits per heavy atom. The van der Waals surface area contributed by atoms with Gasteiger partial charge in [-0.15, -0.1) is 0 Å². The maximum absolute atomic E-state index is 12.0. The van der Waals surface area contributed by atoms with Gasteiger partial charge in [-0.25, -0.2) is 0 Å². The van der Waals surface area contributed by atoms with Crippen molar-refractivity contribution >= 4 is 17.6 Å². The topological polar surface area (TPSA) is 74.8 Å². The number of para-hydroxylation sites is 2. The van der Waals surface area contributed by atoms with Crippen LogP contribution in [0.4, 0.5) is 5.69 Å². The van der Waals surface area contributed by atoms with Gasteiger partial charge in [0.05, 0.1) is 6.54 Å². The van der Waals surface area contributed by atoms with E-state index in [1.807, 2.05) is 54.6 Å². The summed E-state index contributed by atoms with van der Waals surface area (Å²) in [6.07, 6.45) is 1.70. The lowest BCUT2D eigenvalue weighted by Crippen LogP contribution is -2.41. The summed E-state index contributed by atoms with van der Waals surface area (Å²) in [4.78, 5) is 16.1. The van der Waals surface area contributed by atoms with E-state index in [2.05, 4.69) is 27.5 Å². The van der Waals surface area contributed by atoms with Crippen molar-refractivity contribution in [2.45, 2.75) is 6.54 Å². The van der Waals surface area contributed by atoms with Gasteiger partial charge >= 0.3 is 0 Å². The second-order valence-electron chi connectivity index (χ2n) is 5.40. The van der Waals surface area contributed by atoms with E-state index in [0.717, 1.165) is 17.0 Å². The zero-order chi connectivity index (χ0) is 18.6. The van der Waals surface area contributed by atoms with Crippen molar-refractivity contribution in [3.05, 3.63) is 72.8 Å². The molecule has 0 bridgehead atoms. The number of carbonyl (C=O) groups is 1. The number of hydrogen-bond donors (Lipinski definition) is 3. The van der Waals surface area contributed by atoms with Crippen LogP contribution in [0.5, 0.6) is 5.75 Å². The largest absolute Gasteiger partial charge is 0.489 e. The first kappa shape index (κ1) is 19.1. The molecule has 0 saturated carbocycles. The summed E-state index contributed by atoms with van der Waals surface area (Å²) in [5, 5.41) is 8.98. The smallest absolute Gasteiger partial charge is 0.243 e. The average molecular weight is 352 g/mol. The molecule has 2 aromatic rings. The molecule has 0 aliphatic carbocycles. The van der Waals surface area contributed by atoms with Gasteiger partial charge in [0.2, 0.25) is 5.91 Å². The molecular formula is C20H24N4O2. The lowest BCUT2D eigenvalue weighted by Gasteiger charge is -2.14. The fraction of sp³-hybridized carbons (Fsp3) is 0.200. The molecule has 0 fully saturated rings. The molecule has 1 amide bonds. The predicted molar refractivity (Wildman–Crippen MR) is 105 cm³/mol. The highest BCUT2D eigenvalue weighted by Gasteiger charge is 2.06. The minimum atomic E-state index is -0.145. The number of ether oxygens (including phenoxy) is 1. The molecule has 0 radical (unpaired) electrons. The van der Waals surface area contributed by atoms with Crippen molar-refractivity contribution in [1.82, 2.24) is 10.6 Å². The minimum absolute atomic E-state index is 0.114. The number of hydrogen-bond acceptors (Lipinski definition) is 3. The minimum Gasteiger partial charge on any atom is -0.489 e. The van der Waals surface area contributed by atoms with Crippen molar-refractivity contribution in [2.24, 2.45) is 4.99 Å². The van der Waals surface area contributed by atoms with Crippen LogP contribution < -0.4 is 20.7 Å². The van der Waals surface area contributed by atoms with Gasteiger partial charge in [0.1, 0.15) is 12.4 Å². The van der Waals surface area contributed by atoms with E-state index in [0.29, 0.717) is 19.1 Å². The average Bonchev–Trinajstić information content (AvgIpc) is 2.68. The Kier molecular flexibility index (Phi) is 7.74. The molecular weight excluding hydrogens is 328 g/mol. The van der Waals surface area contributed by atoms with Gasteiger partial charge in [0, 0.05) is 24.8 Å². The quantitative estimate of drug-likeness (QED) is 0.388. The number of aliphatic imine (C=N–C) groups is 1. The highest BCUT2D eigenvalue weighted by molar-refractivity contribution is 5.94. The van der Waals surface area contributed by atoms with E-state index >= 15 is 0 Å². The molecule has 2 aromatic carbocycles. The van der Waals surface area contributed by atoms with E-state index in [-0.39, 0.29) is 12.5 Å². The monoisotopic (exact) mass is 352 g/mol. The van der Waals surface area contributed by atoms with Crippen molar-refractivity contribution in [1.29, 1.82) is 0 Å². The molecule has 0 aromatic heterocycles. The van der Waals surface area contributed by atoms with Gasteiger partial charge in [0.15, 0.2) is 5.96 Å². The zero-order valence-corrected chi connectivity index (χ0v) is 14.9. The molecule has 0 aliphatic heterocycles. The standard InChI is InChI=1S/C20H24N4O2/c1-3-13-26-18-12-8-7-9-16(18)14-22-20(21-2)23-15-19(25)24-17-10-5-4-6-11-17/h3-12H,1,13-15H2,2H3,(H,24,25)(H2,21,22,23). The third-order valence-electron chi connectivity index (χ3n) is 3.47. The van der Waals surface area contributed by atoms with E-state index in [4.69, 9.17) is 4.74 Å². The number of benzene rings is 2. The maximum atomic E-state index is 12.0. The summed E-state index contributed by atoms with van der Waals surface area (Å²) < 4.78 is 5.63. The molecule has 0 heterocycles. The molecule has 0 atom stereocenters. The Labute approximate surface area is 154 Å². The summed E-state index contributed by atoms with van der Waals surface area (Å²) in [6.45, 7) is 4.74. The SMILES string of the molecule is C=CCOc1ccccc1CNC(=NC)NCC(=O)Nc1ccccc1. The van der Waals surface area contributed by atoms with Crippen LogP contribution in [0.15, 0.2) is 72.2 Å². The van der Waals surface area contributed by atoms with Crippen LogP contribution in [0.3, 0.4) is 0 Å². The number of nitrogens with one attached hydrogen (secondary N) is 3. The van der Waals surface area contributed by atoms with Crippen molar-refractivity contribution in [2.75, 3.05) is 25.5 Å². The molecule has 0 spiro atoms. The number of guanidine groups is 1. The summed E-state index contributed by atoms with van der Waals surface area (Å²) in [5.74, 6) is 1.18. The van der Waals surface area contributed by atoms with E-state index < -0.39 is 0 Å². The predicted octanol–water partition coefficient (Wildman–Crippen LogP) is 2.56. The lowest BCUT2D eigenvalue weighted by molar-refractivity contribution is -0.115. The second kappa shape index (κ2) is 10.6. The third kappa shape index (κ3) is 6.32. The number of anilines is 1. The Morgan fingerprint density at radius 3 is 2.58 bits per heavy atom. The summed E-state index contributed by atoms with van der Waals surface area (Å²) in [7, 11) is 1.66. The van der Waals surface area contributed by atoms with Crippen LogP contribution in [-0.2, 0) is 11.3 Å². The molecule has 136 valence electrons. The molecule has 26 heavy (non-hydrogen) atoms. The number of amides is 1. The fourth-order valence-electron chi connectivity index (χ4n) is 2.23. The highest BCUT2D eigenvalue weighted by atomic mass is 16.5. The summed E-state index contributed by atoms with van der Waals surface area (Å²) in [6, 6.07) is 17.1. The van der Waals surface area contributed by atoms with Crippen LogP contribution in [0.1, 0.15) is 5.56 Å². The van der Waals surface area contributed by atoms with E-state index in [1.165, 1.54) is 0 Å². The van der Waals surface area contributed by atoms with Crippen molar-refractivity contribution in [3.63, 3.8) is 0 Å². The van der Waals surface area contributed by atoms with Crippen molar-refractivity contribution in [3.8, 4) is 5.75 Å². The molecule has 2 rings (SSSR count).